The highest BCUT2D eigenvalue weighted by Crippen LogP contribution is 2.44. The molecular weight excluding hydrogens is 585 g/mol. The van der Waals surface area contributed by atoms with E-state index < -0.39 is 58.5 Å². The molecule has 9 nitrogen and oxygen atoms in total. The van der Waals surface area contributed by atoms with Gasteiger partial charge in [-0.15, -0.1) is 0 Å². The lowest BCUT2D eigenvalue weighted by Crippen LogP contribution is -2.55. The Balaban J connectivity index is 2.05. The van der Waals surface area contributed by atoms with E-state index in [0.717, 1.165) is 12.1 Å². The molecule has 1 fully saturated rings. The number of nitrogens with one attached hydrogen (secondary N) is 1. The summed E-state index contributed by atoms with van der Waals surface area (Å²) in [4.78, 5) is 45.1. The molecule has 0 unspecified atom stereocenters. The van der Waals surface area contributed by atoms with Crippen molar-refractivity contribution < 1.29 is 37.0 Å². The molecule has 0 spiro atoms. The van der Waals surface area contributed by atoms with Gasteiger partial charge in [0.05, 0.1) is 27.8 Å². The predicted octanol–water partition coefficient (Wildman–Crippen LogP) is 5.79. The zero-order valence-corrected chi connectivity index (χ0v) is 27.0. The van der Waals surface area contributed by atoms with Gasteiger partial charge in [-0.3, -0.25) is 9.59 Å². The largest absolute Gasteiger partial charge is 0.476 e. The maximum Gasteiger partial charge on any atom is 0.417 e. The Kier molecular flexibility index (Phi) is 10.3. The zero-order valence-electron chi connectivity index (χ0n) is 26.2. The molecule has 13 heteroatoms. The summed E-state index contributed by atoms with van der Waals surface area (Å²) in [7, 11) is 0. The van der Waals surface area contributed by atoms with Crippen LogP contribution in [0.4, 0.5) is 23.7 Å². The van der Waals surface area contributed by atoms with Crippen molar-refractivity contribution in [2.45, 2.75) is 104 Å². The molecule has 0 aromatic heterocycles. The Morgan fingerprint density at radius 2 is 1.88 bits per heavy atom. The minimum atomic E-state index is -4.88. The number of amides is 3. The molecule has 1 saturated heterocycles. The molecule has 0 radical (unpaired) electrons. The summed E-state index contributed by atoms with van der Waals surface area (Å²) in [5.74, 6) is -1.44. The SMILES string of the molecule is CCC(=S)NCCN1C(=O)C(C)(C)Oc2cc(C(F)(F)F)c(C(=O)N(C(C)C)[C@@H]3CCCN(C(=O)OC(C)(C)C)C3)cc21. The first-order valence-corrected chi connectivity index (χ1v) is 15.0. The fraction of sp³-hybridized carbons (Fsp3) is 0.667. The van der Waals surface area contributed by atoms with Crippen molar-refractivity contribution >= 4 is 40.8 Å². The number of rotatable bonds is 7. The maximum absolute atomic E-state index is 14.5. The maximum atomic E-state index is 14.5. The van der Waals surface area contributed by atoms with E-state index in [9.17, 15) is 27.6 Å². The van der Waals surface area contributed by atoms with Crippen molar-refractivity contribution in [2.24, 2.45) is 0 Å². The third-order valence-electron chi connectivity index (χ3n) is 7.26. The standard InChI is InChI=1S/C30H43F3N4O5S/c1-9-24(43)34-12-14-36-22-15-20(21(30(31,32)33)16-23(22)41-29(7,8)26(36)39)25(38)37(18(2)3)19-11-10-13-35(17-19)27(40)42-28(4,5)6/h15-16,18-19H,9-14,17H2,1-8H3,(H,34,43)/t19-/m1/s1. The van der Waals surface area contributed by atoms with Crippen molar-refractivity contribution in [1.29, 1.82) is 0 Å². The normalized spacial score (nSPS) is 18.6. The number of hydrogen-bond donors (Lipinski definition) is 1. The molecule has 2 heterocycles. The van der Waals surface area contributed by atoms with Crippen LogP contribution in [-0.4, -0.2) is 82.2 Å². The van der Waals surface area contributed by atoms with Crippen molar-refractivity contribution in [3.63, 3.8) is 0 Å². The van der Waals surface area contributed by atoms with Gasteiger partial charge in [0.1, 0.15) is 11.4 Å². The molecule has 43 heavy (non-hydrogen) atoms. The monoisotopic (exact) mass is 628 g/mol. The van der Waals surface area contributed by atoms with Gasteiger partial charge in [-0.25, -0.2) is 4.79 Å². The van der Waals surface area contributed by atoms with Gasteiger partial charge in [0.15, 0.2) is 5.60 Å². The molecule has 3 rings (SSSR count). The van der Waals surface area contributed by atoms with Crippen molar-refractivity contribution in [1.82, 2.24) is 15.1 Å². The van der Waals surface area contributed by atoms with Crippen molar-refractivity contribution in [2.75, 3.05) is 31.1 Å². The molecule has 2 aliphatic heterocycles. The Labute approximate surface area is 257 Å². The van der Waals surface area contributed by atoms with Crippen LogP contribution >= 0.6 is 12.2 Å². The molecule has 240 valence electrons. The first-order chi connectivity index (χ1) is 19.8. The number of alkyl halides is 3. The van der Waals surface area contributed by atoms with E-state index in [1.54, 1.807) is 34.6 Å². The smallest absolute Gasteiger partial charge is 0.417 e. The zero-order chi connectivity index (χ0) is 32.5. The van der Waals surface area contributed by atoms with E-state index in [2.05, 4.69) is 5.32 Å². The summed E-state index contributed by atoms with van der Waals surface area (Å²) in [6.45, 7) is 14.4. The number of ether oxygens (including phenoxy) is 2. The summed E-state index contributed by atoms with van der Waals surface area (Å²) in [5.41, 5.74) is -3.82. The Morgan fingerprint density at radius 1 is 1.23 bits per heavy atom. The van der Waals surface area contributed by atoms with Crippen molar-refractivity contribution in [3.8, 4) is 5.75 Å². The molecule has 1 aromatic rings. The molecule has 1 aromatic carbocycles. The third-order valence-corrected chi connectivity index (χ3v) is 7.70. The predicted molar refractivity (Wildman–Crippen MR) is 162 cm³/mol. The minimum absolute atomic E-state index is 0.0765. The van der Waals surface area contributed by atoms with Crippen LogP contribution in [0, 0.1) is 0 Å². The highest BCUT2D eigenvalue weighted by molar-refractivity contribution is 7.80. The number of carbonyl (C=O) groups excluding carboxylic acids is 3. The van der Waals surface area contributed by atoms with Gasteiger partial charge < -0.3 is 29.5 Å². The third kappa shape index (κ3) is 8.10. The molecule has 0 saturated carbocycles. The number of piperidine rings is 1. The Hall–Kier alpha value is -3.09. The van der Waals surface area contributed by atoms with Crippen LogP contribution in [0.1, 0.15) is 90.6 Å². The van der Waals surface area contributed by atoms with Crippen LogP contribution < -0.4 is 15.0 Å². The van der Waals surface area contributed by atoms with E-state index in [1.165, 1.54) is 28.5 Å². The van der Waals surface area contributed by atoms with E-state index >= 15 is 0 Å². The van der Waals surface area contributed by atoms with E-state index in [1.807, 2.05) is 6.92 Å². The number of hydrogen-bond acceptors (Lipinski definition) is 6. The van der Waals surface area contributed by atoms with Crippen LogP contribution in [0.25, 0.3) is 0 Å². The number of fused-ring (bicyclic) bond motifs is 1. The first kappa shape index (κ1) is 34.4. The molecular formula is C30H43F3N4O5S. The number of thiocarbonyl (C=S) groups is 1. The number of carbonyl (C=O) groups is 3. The van der Waals surface area contributed by atoms with E-state index in [4.69, 9.17) is 21.7 Å². The molecule has 2 aliphatic rings. The van der Waals surface area contributed by atoms with Gasteiger partial charge in [-0.2, -0.15) is 13.2 Å². The molecule has 0 aliphatic carbocycles. The highest BCUT2D eigenvalue weighted by Gasteiger charge is 2.45. The van der Waals surface area contributed by atoms with E-state index in [-0.39, 0.29) is 31.1 Å². The molecule has 1 atom stereocenters. The van der Waals surface area contributed by atoms with E-state index in [0.29, 0.717) is 30.8 Å². The second-order valence-electron chi connectivity index (χ2n) is 12.7. The molecule has 1 N–H and O–H groups in total. The fourth-order valence-corrected chi connectivity index (χ4v) is 5.42. The first-order valence-electron chi connectivity index (χ1n) is 14.6. The van der Waals surface area contributed by atoms with Gasteiger partial charge in [0.2, 0.25) is 0 Å². The molecule has 0 bridgehead atoms. The highest BCUT2D eigenvalue weighted by atomic mass is 32.1. The lowest BCUT2D eigenvalue weighted by molar-refractivity contribution is -0.138. The number of likely N-dealkylation sites (tertiary alicyclic amines) is 1. The van der Waals surface area contributed by atoms with Crippen LogP contribution in [0.5, 0.6) is 5.75 Å². The second kappa shape index (κ2) is 12.9. The van der Waals surface area contributed by atoms with Crippen LogP contribution in [0.15, 0.2) is 12.1 Å². The van der Waals surface area contributed by atoms with Gasteiger partial charge in [0.25, 0.3) is 11.8 Å². The Bertz CT molecular complexity index is 1250. The quantitative estimate of drug-likeness (QED) is 0.383. The summed E-state index contributed by atoms with van der Waals surface area (Å²) >= 11 is 5.21. The Morgan fingerprint density at radius 3 is 2.44 bits per heavy atom. The van der Waals surface area contributed by atoms with Gasteiger partial charge >= 0.3 is 12.3 Å². The lowest BCUT2D eigenvalue weighted by atomic mass is 9.96. The lowest BCUT2D eigenvalue weighted by Gasteiger charge is -2.42. The number of nitrogens with zero attached hydrogens (tertiary/aromatic N) is 3. The van der Waals surface area contributed by atoms with Crippen LogP contribution in [0.2, 0.25) is 0 Å². The van der Waals surface area contributed by atoms with Crippen molar-refractivity contribution in [3.05, 3.63) is 23.3 Å². The summed E-state index contributed by atoms with van der Waals surface area (Å²) in [5, 5.41) is 3.03. The van der Waals surface area contributed by atoms with Gasteiger partial charge in [-0.1, -0.05) is 19.1 Å². The van der Waals surface area contributed by atoms with Gasteiger partial charge in [-0.05, 0) is 79.9 Å². The summed E-state index contributed by atoms with van der Waals surface area (Å²) in [6, 6.07) is 0.883. The fourth-order valence-electron chi connectivity index (χ4n) is 5.31. The average Bonchev–Trinajstić information content (AvgIpc) is 2.88. The average molecular weight is 629 g/mol. The topological polar surface area (TPSA) is 91.4 Å². The van der Waals surface area contributed by atoms with Gasteiger partial charge in [0, 0.05) is 32.2 Å². The second-order valence-corrected chi connectivity index (χ2v) is 13.2. The number of anilines is 1. The summed E-state index contributed by atoms with van der Waals surface area (Å²) in [6.07, 6.45) is -3.77. The number of benzene rings is 1. The summed E-state index contributed by atoms with van der Waals surface area (Å²) < 4.78 is 54.8. The van der Waals surface area contributed by atoms with Crippen LogP contribution in [0.3, 0.4) is 0 Å². The molecule has 3 amide bonds. The number of halogens is 3. The minimum Gasteiger partial charge on any atom is -0.476 e. The van der Waals surface area contributed by atoms with Crippen LogP contribution in [-0.2, 0) is 15.7 Å².